The minimum Gasteiger partial charge on any atom is -0.483 e. The molecule has 1 aromatic carbocycles. The smallest absolute Gasteiger partial charge is 0.338 e. The summed E-state index contributed by atoms with van der Waals surface area (Å²) in [4.78, 5) is 32.1. The summed E-state index contributed by atoms with van der Waals surface area (Å²) in [6, 6.07) is 3.22. The minimum atomic E-state index is -3.03. The van der Waals surface area contributed by atoms with Gasteiger partial charge in [0.05, 0.1) is 18.7 Å². The summed E-state index contributed by atoms with van der Waals surface area (Å²) in [5, 5.41) is 12.4. The van der Waals surface area contributed by atoms with Crippen LogP contribution in [-0.2, 0) is 19.1 Å². The number of halogens is 4. The topological polar surface area (TPSA) is 113 Å². The second-order valence-corrected chi connectivity index (χ2v) is 9.85. The summed E-state index contributed by atoms with van der Waals surface area (Å²) in [5.41, 5.74) is 1.07. The Morgan fingerprint density at radius 1 is 1.37 bits per heavy atom. The van der Waals surface area contributed by atoms with Gasteiger partial charge < -0.3 is 19.9 Å². The molecule has 4 rings (SSSR count). The highest BCUT2D eigenvalue weighted by atomic mass is 79.9. The van der Waals surface area contributed by atoms with Gasteiger partial charge in [-0.15, -0.1) is 11.3 Å². The Labute approximate surface area is 229 Å². The van der Waals surface area contributed by atoms with E-state index in [1.165, 1.54) is 34.4 Å². The van der Waals surface area contributed by atoms with Gasteiger partial charge in [0.2, 0.25) is 0 Å². The van der Waals surface area contributed by atoms with Gasteiger partial charge in [-0.2, -0.15) is 0 Å². The van der Waals surface area contributed by atoms with E-state index in [4.69, 9.17) is 24.4 Å². The van der Waals surface area contributed by atoms with Crippen molar-refractivity contribution in [1.29, 1.82) is 0 Å². The number of hydrogen-bond acceptors (Lipinski definition) is 9. The van der Waals surface area contributed by atoms with Gasteiger partial charge in [-0.1, -0.05) is 22.0 Å². The summed E-state index contributed by atoms with van der Waals surface area (Å²) < 4.78 is 53.9. The molecule has 0 radical (unpaired) electrons. The zero-order valence-electron chi connectivity index (χ0n) is 20.5. The molecule has 14 heteroatoms. The predicted molar refractivity (Wildman–Crippen MR) is 138 cm³/mol. The third-order valence-electron chi connectivity index (χ3n) is 5.59. The third kappa shape index (κ3) is 6.98. The van der Waals surface area contributed by atoms with Crippen molar-refractivity contribution in [2.45, 2.75) is 31.9 Å². The van der Waals surface area contributed by atoms with E-state index < -0.39 is 36.4 Å². The zero-order chi connectivity index (χ0) is 27.9. The number of rotatable bonds is 8. The van der Waals surface area contributed by atoms with Crippen molar-refractivity contribution in [1.82, 2.24) is 15.2 Å². The molecule has 2 aromatic rings. The molecular formula is C24H26BrF3N4O5S. The molecule has 1 fully saturated rings. The van der Waals surface area contributed by atoms with Crippen molar-refractivity contribution in [3.05, 3.63) is 61.9 Å². The van der Waals surface area contributed by atoms with Crippen LogP contribution < -0.4 is 5.32 Å². The second kappa shape index (κ2) is 13.3. The van der Waals surface area contributed by atoms with Gasteiger partial charge in [-0.05, 0) is 31.5 Å². The lowest BCUT2D eigenvalue weighted by molar-refractivity contribution is -0.139. The van der Waals surface area contributed by atoms with Crippen molar-refractivity contribution in [3.8, 4) is 0 Å². The summed E-state index contributed by atoms with van der Waals surface area (Å²) in [7, 11) is 0. The zero-order valence-corrected chi connectivity index (χ0v) is 22.9. The second-order valence-electron chi connectivity index (χ2n) is 8.10. The van der Waals surface area contributed by atoms with E-state index >= 15 is 0 Å². The minimum absolute atomic E-state index is 0.00321. The Bertz CT molecular complexity index is 1200. The van der Waals surface area contributed by atoms with E-state index in [-0.39, 0.29) is 38.3 Å². The fourth-order valence-corrected chi connectivity index (χ4v) is 5.27. The number of ether oxygens (including phenoxy) is 2. The van der Waals surface area contributed by atoms with E-state index in [9.17, 15) is 18.0 Å². The molecule has 2 atom stereocenters. The number of thiazole rings is 1. The normalized spacial score (nSPS) is 20.7. The molecule has 2 N–H and O–H groups in total. The average molecular weight is 619 g/mol. The largest absolute Gasteiger partial charge is 0.483 e. The van der Waals surface area contributed by atoms with E-state index in [1.807, 2.05) is 0 Å². The molecule has 0 amide bonds. The number of nitrogens with one attached hydrogen (secondary N) is 1. The quantitative estimate of drug-likeness (QED) is 0.337. The number of esters is 1. The SMILES string of the molecule is CCOC(=O)C1=C(CN2CC(OCC)C(F)(F)C2)NC(c2nccs2)=N[C@H]1c1ccc(F)cc1Br.O=CO. The fraction of sp³-hybridized carbons (Fsp3) is 0.417. The standard InChI is InChI=1S/C23H24BrF3N4O3S.CH2O2/c1-3-33-17-11-31(12-23(17,26)27)10-16-18(22(32)34-4-2)19(14-6-5-13(25)9-15(14)24)30-20(29-16)21-28-7-8-35-21;2-1-3/h5-9,17,19H,3-4,10-12H2,1-2H3,(H,29,30);1H,(H,2,3)/t17?,19-;/m0./s1. The molecule has 38 heavy (non-hydrogen) atoms. The lowest BCUT2D eigenvalue weighted by Gasteiger charge is -2.29. The van der Waals surface area contributed by atoms with Crippen LogP contribution in [0.2, 0.25) is 0 Å². The Morgan fingerprint density at radius 3 is 2.71 bits per heavy atom. The van der Waals surface area contributed by atoms with Crippen molar-refractivity contribution < 1.29 is 37.3 Å². The monoisotopic (exact) mass is 618 g/mol. The Morgan fingerprint density at radius 2 is 2.11 bits per heavy atom. The van der Waals surface area contributed by atoms with Crippen LogP contribution in [0.4, 0.5) is 13.2 Å². The Kier molecular flexibility index (Phi) is 10.4. The molecule has 206 valence electrons. The highest BCUT2D eigenvalue weighted by molar-refractivity contribution is 9.10. The lowest BCUT2D eigenvalue weighted by atomic mass is 9.95. The molecule has 2 aliphatic heterocycles. The molecule has 3 heterocycles. The number of likely N-dealkylation sites (tertiary alicyclic amines) is 1. The van der Waals surface area contributed by atoms with E-state index in [0.717, 1.165) is 0 Å². The van der Waals surface area contributed by atoms with Crippen molar-refractivity contribution in [2.75, 3.05) is 32.8 Å². The number of amidine groups is 1. The van der Waals surface area contributed by atoms with Crippen LogP contribution in [0.15, 0.2) is 50.5 Å². The lowest BCUT2D eigenvalue weighted by Crippen LogP contribution is -2.39. The molecule has 0 spiro atoms. The molecular weight excluding hydrogens is 593 g/mol. The first-order valence-corrected chi connectivity index (χ1v) is 13.2. The molecule has 9 nitrogen and oxygen atoms in total. The van der Waals surface area contributed by atoms with Crippen LogP contribution in [0.25, 0.3) is 0 Å². The summed E-state index contributed by atoms with van der Waals surface area (Å²) in [6.45, 7) is 2.87. The average Bonchev–Trinajstić information content (AvgIpc) is 3.47. The predicted octanol–water partition coefficient (Wildman–Crippen LogP) is 4.01. The highest BCUT2D eigenvalue weighted by Gasteiger charge is 2.49. The maximum atomic E-state index is 14.5. The van der Waals surface area contributed by atoms with Gasteiger partial charge in [0.25, 0.3) is 12.4 Å². The molecule has 2 aliphatic rings. The first-order valence-electron chi connectivity index (χ1n) is 11.5. The Balaban J connectivity index is 0.00000127. The number of benzene rings is 1. The van der Waals surface area contributed by atoms with E-state index in [1.54, 1.807) is 25.4 Å². The third-order valence-corrected chi connectivity index (χ3v) is 7.06. The van der Waals surface area contributed by atoms with Gasteiger partial charge >= 0.3 is 5.97 Å². The van der Waals surface area contributed by atoms with Gasteiger partial charge in [-0.25, -0.2) is 22.9 Å². The van der Waals surface area contributed by atoms with Crippen LogP contribution >= 0.6 is 27.3 Å². The van der Waals surface area contributed by atoms with Crippen LogP contribution in [0, 0.1) is 5.82 Å². The molecule has 1 saturated heterocycles. The number of nitrogens with zero attached hydrogens (tertiary/aromatic N) is 3. The summed E-state index contributed by atoms with van der Waals surface area (Å²) in [6.07, 6.45) is 0.377. The number of carboxylic acid groups (broad SMARTS) is 1. The maximum Gasteiger partial charge on any atom is 0.338 e. The van der Waals surface area contributed by atoms with Gasteiger partial charge in [0, 0.05) is 41.4 Å². The van der Waals surface area contributed by atoms with Gasteiger partial charge in [0.1, 0.15) is 18.0 Å². The maximum absolute atomic E-state index is 14.5. The molecule has 0 aliphatic carbocycles. The Hall–Kier alpha value is -2.81. The number of aliphatic imine (C=N–C) groups is 1. The first kappa shape index (κ1) is 29.7. The number of carbonyl (C=O) groups is 2. The number of carbonyl (C=O) groups excluding carboxylic acids is 1. The summed E-state index contributed by atoms with van der Waals surface area (Å²) in [5.74, 6) is -3.73. The van der Waals surface area contributed by atoms with Crippen molar-refractivity contribution in [2.24, 2.45) is 4.99 Å². The molecule has 0 bridgehead atoms. The van der Waals surface area contributed by atoms with E-state index in [0.29, 0.717) is 26.6 Å². The molecule has 1 aromatic heterocycles. The van der Waals surface area contributed by atoms with Crippen LogP contribution in [0.5, 0.6) is 0 Å². The van der Waals surface area contributed by atoms with Crippen molar-refractivity contribution in [3.63, 3.8) is 0 Å². The fourth-order valence-electron chi connectivity index (χ4n) is 4.12. The van der Waals surface area contributed by atoms with Crippen molar-refractivity contribution >= 4 is 45.5 Å². The number of alkyl halides is 2. The summed E-state index contributed by atoms with van der Waals surface area (Å²) >= 11 is 4.71. The number of aromatic nitrogens is 1. The highest BCUT2D eigenvalue weighted by Crippen LogP contribution is 2.38. The van der Waals surface area contributed by atoms with Gasteiger partial charge in [-0.3, -0.25) is 14.7 Å². The molecule has 1 unspecified atom stereocenters. The van der Waals surface area contributed by atoms with Gasteiger partial charge in [0.15, 0.2) is 10.8 Å². The molecule has 0 saturated carbocycles. The number of hydrogen-bond donors (Lipinski definition) is 2. The first-order chi connectivity index (χ1) is 18.1. The van der Waals surface area contributed by atoms with Crippen LogP contribution in [0.3, 0.4) is 0 Å². The van der Waals surface area contributed by atoms with Crippen LogP contribution in [0.1, 0.15) is 30.5 Å². The van der Waals surface area contributed by atoms with Crippen LogP contribution in [-0.4, -0.2) is 78.1 Å². The van der Waals surface area contributed by atoms with E-state index in [2.05, 4.69) is 26.2 Å².